The molecule has 2 aromatic carbocycles. The van der Waals surface area contributed by atoms with Crippen molar-refractivity contribution in [3.63, 3.8) is 0 Å². The molecule has 0 unspecified atom stereocenters. The Kier molecular flexibility index (Phi) is 3.92. The Balaban J connectivity index is 2.38. The maximum absolute atomic E-state index is 12.3. The van der Waals surface area contributed by atoms with Crippen LogP contribution in [0.4, 0.5) is 11.4 Å². The van der Waals surface area contributed by atoms with Gasteiger partial charge >= 0.3 is 0 Å². The molecule has 0 spiro atoms. The summed E-state index contributed by atoms with van der Waals surface area (Å²) in [5.41, 5.74) is 8.49. The summed E-state index contributed by atoms with van der Waals surface area (Å²) in [5.74, 6) is 0. The minimum Gasteiger partial charge on any atom is -0.398 e. The van der Waals surface area contributed by atoms with E-state index in [-0.39, 0.29) is 9.92 Å². The lowest BCUT2D eigenvalue weighted by Gasteiger charge is -2.11. The number of nitrogen functional groups attached to an aromatic ring is 1. The minimum absolute atomic E-state index is 0.0453. The molecule has 0 saturated carbocycles. The van der Waals surface area contributed by atoms with E-state index in [1.54, 1.807) is 30.3 Å². The number of nitrogens with one attached hydrogen (secondary N) is 1. The lowest BCUT2D eigenvalue weighted by atomic mass is 10.2. The van der Waals surface area contributed by atoms with Crippen LogP contribution in [-0.2, 0) is 10.0 Å². The largest absolute Gasteiger partial charge is 0.398 e. The Bertz CT molecular complexity index is 758. The Labute approximate surface area is 123 Å². The first-order valence-corrected chi connectivity index (χ1v) is 7.81. The average Bonchev–Trinajstić information content (AvgIpc) is 2.33. The first-order chi connectivity index (χ1) is 9.29. The summed E-state index contributed by atoms with van der Waals surface area (Å²) in [7, 11) is -3.73. The van der Waals surface area contributed by atoms with Crippen LogP contribution in [0.3, 0.4) is 0 Å². The Hall–Kier alpha value is -1.72. The highest BCUT2D eigenvalue weighted by Gasteiger charge is 2.18. The van der Waals surface area contributed by atoms with Crippen molar-refractivity contribution in [2.24, 2.45) is 0 Å². The molecule has 0 aliphatic heterocycles. The summed E-state index contributed by atoms with van der Waals surface area (Å²) in [5, 5.41) is 0.192. The molecular weight excluding hydrogens is 296 g/mol. The quantitative estimate of drug-likeness (QED) is 0.854. The van der Waals surface area contributed by atoms with Gasteiger partial charge in [0.2, 0.25) is 0 Å². The fraction of sp³-hybridized carbons (Fsp3) is 0.143. The smallest absolute Gasteiger partial charge is 0.263 e. The van der Waals surface area contributed by atoms with Crippen LogP contribution >= 0.6 is 11.6 Å². The number of sulfonamides is 1. The van der Waals surface area contributed by atoms with Crippen LogP contribution in [0, 0.1) is 13.8 Å². The highest BCUT2D eigenvalue weighted by atomic mass is 35.5. The fourth-order valence-corrected chi connectivity index (χ4v) is 3.39. The van der Waals surface area contributed by atoms with Gasteiger partial charge in [-0.25, -0.2) is 8.42 Å². The van der Waals surface area contributed by atoms with E-state index in [1.807, 2.05) is 13.8 Å². The molecule has 0 heterocycles. The summed E-state index contributed by atoms with van der Waals surface area (Å²) in [6.45, 7) is 3.70. The second kappa shape index (κ2) is 5.34. The SMILES string of the molecule is Cc1ccc(S(=O)(=O)Nc2ccc(C)c(N)c2)c(Cl)c1. The van der Waals surface area contributed by atoms with Gasteiger partial charge in [0.1, 0.15) is 4.90 Å². The number of rotatable bonds is 3. The molecule has 0 atom stereocenters. The van der Waals surface area contributed by atoms with E-state index >= 15 is 0 Å². The number of halogens is 1. The molecule has 0 aliphatic rings. The standard InChI is InChI=1S/C14H15ClN2O2S/c1-9-3-6-14(12(15)7-9)20(18,19)17-11-5-4-10(2)13(16)8-11/h3-8,17H,16H2,1-2H3. The lowest BCUT2D eigenvalue weighted by Crippen LogP contribution is -2.13. The maximum atomic E-state index is 12.3. The molecule has 3 N–H and O–H groups in total. The number of hydrogen-bond acceptors (Lipinski definition) is 3. The number of nitrogens with two attached hydrogens (primary N) is 1. The van der Waals surface area contributed by atoms with Crippen molar-refractivity contribution in [3.8, 4) is 0 Å². The fourth-order valence-electron chi connectivity index (χ4n) is 1.74. The van der Waals surface area contributed by atoms with Gasteiger partial charge in [0, 0.05) is 5.69 Å². The molecule has 4 nitrogen and oxygen atoms in total. The van der Waals surface area contributed by atoms with Crippen molar-refractivity contribution < 1.29 is 8.42 Å². The third-order valence-corrected chi connectivity index (χ3v) is 4.77. The predicted octanol–water partition coefficient (Wildman–Crippen LogP) is 3.34. The zero-order valence-electron chi connectivity index (χ0n) is 11.1. The number of hydrogen-bond donors (Lipinski definition) is 2. The van der Waals surface area contributed by atoms with E-state index in [4.69, 9.17) is 17.3 Å². The van der Waals surface area contributed by atoms with Crippen molar-refractivity contribution >= 4 is 33.0 Å². The van der Waals surface area contributed by atoms with E-state index in [0.717, 1.165) is 11.1 Å². The van der Waals surface area contributed by atoms with Gasteiger partial charge < -0.3 is 5.73 Å². The predicted molar refractivity (Wildman–Crippen MR) is 82.6 cm³/mol. The van der Waals surface area contributed by atoms with Crippen LogP contribution in [0.5, 0.6) is 0 Å². The van der Waals surface area contributed by atoms with Crippen LogP contribution in [-0.4, -0.2) is 8.42 Å². The first kappa shape index (κ1) is 14.7. The molecule has 0 aliphatic carbocycles. The van der Waals surface area contributed by atoms with Gasteiger partial charge in [-0.1, -0.05) is 23.7 Å². The molecule has 20 heavy (non-hydrogen) atoms. The summed E-state index contributed by atoms with van der Waals surface area (Å²) in [6.07, 6.45) is 0. The van der Waals surface area contributed by atoms with Crippen molar-refractivity contribution in [2.45, 2.75) is 18.7 Å². The topological polar surface area (TPSA) is 72.2 Å². The van der Waals surface area contributed by atoms with Crippen molar-refractivity contribution in [1.29, 1.82) is 0 Å². The molecule has 6 heteroatoms. The summed E-state index contributed by atoms with van der Waals surface area (Å²) >= 11 is 5.99. The van der Waals surface area contributed by atoms with Crippen molar-refractivity contribution in [3.05, 3.63) is 52.5 Å². The van der Waals surface area contributed by atoms with Crippen LogP contribution in [0.1, 0.15) is 11.1 Å². The second-order valence-electron chi connectivity index (χ2n) is 4.61. The molecule has 0 aromatic heterocycles. The number of anilines is 2. The molecule has 106 valence electrons. The van der Waals surface area contributed by atoms with Gasteiger partial charge in [-0.3, -0.25) is 4.72 Å². The van der Waals surface area contributed by atoms with Gasteiger partial charge in [0.15, 0.2) is 0 Å². The third-order valence-electron chi connectivity index (χ3n) is 2.91. The Morgan fingerprint density at radius 2 is 1.80 bits per heavy atom. The molecule has 0 bridgehead atoms. The van der Waals surface area contributed by atoms with Crippen molar-refractivity contribution in [1.82, 2.24) is 0 Å². The molecule has 2 rings (SSSR count). The van der Waals surface area contributed by atoms with Crippen LogP contribution < -0.4 is 10.5 Å². The number of aryl methyl sites for hydroxylation is 2. The third kappa shape index (κ3) is 3.05. The van der Waals surface area contributed by atoms with E-state index in [9.17, 15) is 8.42 Å². The highest BCUT2D eigenvalue weighted by molar-refractivity contribution is 7.92. The lowest BCUT2D eigenvalue weighted by molar-refractivity contribution is 0.601. The Morgan fingerprint density at radius 1 is 1.10 bits per heavy atom. The maximum Gasteiger partial charge on any atom is 0.263 e. The van der Waals surface area contributed by atoms with Crippen LogP contribution in [0.25, 0.3) is 0 Å². The molecule has 0 amide bonds. The molecule has 0 radical (unpaired) electrons. The van der Waals surface area contributed by atoms with Gasteiger partial charge in [-0.2, -0.15) is 0 Å². The van der Waals surface area contributed by atoms with Gasteiger partial charge in [0.25, 0.3) is 10.0 Å². The monoisotopic (exact) mass is 310 g/mol. The van der Waals surface area contributed by atoms with Gasteiger partial charge in [-0.15, -0.1) is 0 Å². The molecule has 0 fully saturated rings. The van der Waals surface area contributed by atoms with Crippen LogP contribution in [0.15, 0.2) is 41.3 Å². The van der Waals surface area contributed by atoms with E-state index in [1.165, 1.54) is 6.07 Å². The second-order valence-corrected chi connectivity index (χ2v) is 6.67. The molecular formula is C14H15ClN2O2S. The zero-order valence-corrected chi connectivity index (χ0v) is 12.7. The normalized spacial score (nSPS) is 11.3. The summed E-state index contributed by atoms with van der Waals surface area (Å²) in [6, 6.07) is 9.78. The van der Waals surface area contributed by atoms with Gasteiger partial charge in [-0.05, 0) is 49.2 Å². The van der Waals surface area contributed by atoms with E-state index in [0.29, 0.717) is 11.4 Å². The zero-order chi connectivity index (χ0) is 14.9. The first-order valence-electron chi connectivity index (χ1n) is 5.95. The minimum atomic E-state index is -3.73. The highest BCUT2D eigenvalue weighted by Crippen LogP contribution is 2.26. The molecule has 0 saturated heterocycles. The van der Waals surface area contributed by atoms with Gasteiger partial charge in [0.05, 0.1) is 10.7 Å². The summed E-state index contributed by atoms with van der Waals surface area (Å²) in [4.78, 5) is 0.0453. The van der Waals surface area contributed by atoms with E-state index in [2.05, 4.69) is 4.72 Å². The average molecular weight is 311 g/mol. The number of benzene rings is 2. The Morgan fingerprint density at radius 3 is 2.40 bits per heavy atom. The molecule has 2 aromatic rings. The van der Waals surface area contributed by atoms with E-state index < -0.39 is 10.0 Å². The van der Waals surface area contributed by atoms with Crippen LogP contribution in [0.2, 0.25) is 5.02 Å². The summed E-state index contributed by atoms with van der Waals surface area (Å²) < 4.78 is 27.1. The van der Waals surface area contributed by atoms with Crippen molar-refractivity contribution in [2.75, 3.05) is 10.5 Å².